The third-order valence-corrected chi connectivity index (χ3v) is 5.28. The van der Waals surface area contributed by atoms with Crippen LogP contribution in [-0.2, 0) is 18.1 Å². The molecule has 0 aliphatic carbocycles. The van der Waals surface area contributed by atoms with Crippen LogP contribution in [0.15, 0.2) is 42.5 Å². The zero-order valence-corrected chi connectivity index (χ0v) is 19.1. The van der Waals surface area contributed by atoms with Crippen molar-refractivity contribution in [2.45, 2.75) is 59.7 Å². The van der Waals surface area contributed by atoms with E-state index in [0.29, 0.717) is 12.2 Å². The molecule has 4 nitrogen and oxygen atoms in total. The third kappa shape index (κ3) is 5.21. The summed E-state index contributed by atoms with van der Waals surface area (Å²) in [5, 5.41) is 4.64. The summed E-state index contributed by atoms with van der Waals surface area (Å²) in [6.07, 6.45) is -4.52. The maximum Gasteiger partial charge on any atom is 0.416 e. The van der Waals surface area contributed by atoms with Crippen LogP contribution in [0.5, 0.6) is 5.75 Å². The fourth-order valence-electron chi connectivity index (χ4n) is 3.57. The quantitative estimate of drug-likeness (QED) is 0.346. The van der Waals surface area contributed by atoms with Gasteiger partial charge in [-0.3, -0.25) is 4.68 Å². The number of rotatable bonds is 4. The Morgan fingerprint density at radius 3 is 2.19 bits per heavy atom. The number of carbonyl (C=O) groups excluding carboxylic acids is 1. The topological polar surface area (TPSA) is 44.1 Å². The Bertz CT molecular complexity index is 1130. The van der Waals surface area contributed by atoms with E-state index in [-0.39, 0.29) is 16.9 Å². The summed E-state index contributed by atoms with van der Waals surface area (Å²) in [5.74, 6) is -0.924. The number of hydrogen-bond donors (Lipinski definition) is 0. The molecule has 0 bridgehead atoms. The number of aryl methyl sites for hydroxylation is 3. The molecule has 0 amide bonds. The maximum atomic E-state index is 13.0. The van der Waals surface area contributed by atoms with Crippen LogP contribution in [0.3, 0.4) is 0 Å². The normalized spacial score (nSPS) is 12.2. The minimum atomic E-state index is -4.52. The molecule has 3 aromatic rings. The average molecular weight is 444 g/mol. The number of carbonyl (C=O) groups is 1. The van der Waals surface area contributed by atoms with E-state index in [2.05, 4.69) is 17.2 Å². The molecule has 1 aromatic heterocycles. The van der Waals surface area contributed by atoms with Gasteiger partial charge in [0.2, 0.25) is 0 Å². The third-order valence-electron chi connectivity index (χ3n) is 5.28. The molecular weight excluding hydrogens is 417 g/mol. The summed E-state index contributed by atoms with van der Waals surface area (Å²) in [6.45, 7) is 12.3. The van der Waals surface area contributed by atoms with Crippen LogP contribution in [0.1, 0.15) is 64.8 Å². The number of halogens is 3. The van der Waals surface area contributed by atoms with E-state index in [1.54, 1.807) is 10.7 Å². The number of alkyl halides is 3. The second-order valence-corrected chi connectivity index (χ2v) is 9.11. The fraction of sp³-hybridized carbons (Fsp3) is 0.360. The molecule has 0 atom stereocenters. The van der Waals surface area contributed by atoms with E-state index >= 15 is 0 Å². The van der Waals surface area contributed by atoms with Gasteiger partial charge in [0, 0.05) is 5.41 Å². The zero-order chi connectivity index (χ0) is 23.8. The van der Waals surface area contributed by atoms with Gasteiger partial charge in [0.15, 0.2) is 0 Å². The summed E-state index contributed by atoms with van der Waals surface area (Å²) >= 11 is 0. The second-order valence-electron chi connectivity index (χ2n) is 9.11. The van der Waals surface area contributed by atoms with Gasteiger partial charge in [-0.25, -0.2) is 4.79 Å². The standard InChI is InChI=1S/C25H27F3N2O2/c1-15-10-16(2)20(17(3)11-15)14-30-21(13-22(29-30)24(4,5)6)23(31)32-19-9-7-8-18(12-19)25(26,27)28/h7-13H,14H2,1-6H3. The predicted octanol–water partition coefficient (Wildman–Crippen LogP) is 6.39. The van der Waals surface area contributed by atoms with Crippen LogP contribution in [0.2, 0.25) is 0 Å². The first kappa shape index (κ1) is 23.6. The Balaban J connectivity index is 1.99. The Labute approximate surface area is 186 Å². The minimum Gasteiger partial charge on any atom is -0.422 e. The largest absolute Gasteiger partial charge is 0.422 e. The van der Waals surface area contributed by atoms with Crippen molar-refractivity contribution in [1.29, 1.82) is 0 Å². The molecule has 3 rings (SSSR count). The summed E-state index contributed by atoms with van der Waals surface area (Å²) in [5.41, 5.74) is 4.00. The van der Waals surface area contributed by atoms with Gasteiger partial charge in [0.05, 0.1) is 17.8 Å². The van der Waals surface area contributed by atoms with E-state index in [9.17, 15) is 18.0 Å². The molecule has 32 heavy (non-hydrogen) atoms. The van der Waals surface area contributed by atoms with E-state index in [4.69, 9.17) is 4.74 Å². The number of benzene rings is 2. The molecular formula is C25H27F3N2O2. The first-order valence-corrected chi connectivity index (χ1v) is 10.3. The number of hydrogen-bond acceptors (Lipinski definition) is 3. The zero-order valence-electron chi connectivity index (χ0n) is 19.1. The highest BCUT2D eigenvalue weighted by atomic mass is 19.4. The van der Waals surface area contributed by atoms with Crippen LogP contribution in [0.25, 0.3) is 0 Å². The van der Waals surface area contributed by atoms with Gasteiger partial charge in [-0.1, -0.05) is 44.5 Å². The highest BCUT2D eigenvalue weighted by molar-refractivity contribution is 5.89. The van der Waals surface area contributed by atoms with E-state index < -0.39 is 17.7 Å². The van der Waals surface area contributed by atoms with Crippen molar-refractivity contribution in [2.75, 3.05) is 0 Å². The lowest BCUT2D eigenvalue weighted by molar-refractivity contribution is -0.137. The summed E-state index contributed by atoms with van der Waals surface area (Å²) < 4.78 is 45.9. The number of ether oxygens (including phenoxy) is 1. The molecule has 7 heteroatoms. The Morgan fingerprint density at radius 1 is 1.00 bits per heavy atom. The lowest BCUT2D eigenvalue weighted by atomic mass is 9.92. The minimum absolute atomic E-state index is 0.169. The fourth-order valence-corrected chi connectivity index (χ4v) is 3.57. The van der Waals surface area contributed by atoms with Crippen LogP contribution >= 0.6 is 0 Å². The molecule has 0 aliphatic heterocycles. The highest BCUT2D eigenvalue weighted by Gasteiger charge is 2.31. The average Bonchev–Trinajstić information content (AvgIpc) is 3.09. The SMILES string of the molecule is Cc1cc(C)c(Cn2nc(C(C)(C)C)cc2C(=O)Oc2cccc(C(F)(F)F)c2)c(C)c1. The Morgan fingerprint density at radius 2 is 1.62 bits per heavy atom. The van der Waals surface area contributed by atoms with E-state index in [1.807, 2.05) is 41.5 Å². The van der Waals surface area contributed by atoms with Crippen molar-refractivity contribution in [3.05, 3.63) is 81.7 Å². The molecule has 0 fully saturated rings. The van der Waals surface area contributed by atoms with Crippen LogP contribution in [-0.4, -0.2) is 15.7 Å². The van der Waals surface area contributed by atoms with Crippen molar-refractivity contribution >= 4 is 5.97 Å². The molecule has 0 radical (unpaired) electrons. The molecule has 2 aromatic carbocycles. The molecule has 0 aliphatic rings. The summed E-state index contributed by atoms with van der Waals surface area (Å²) in [4.78, 5) is 13.0. The molecule has 1 heterocycles. The van der Waals surface area contributed by atoms with Crippen molar-refractivity contribution in [2.24, 2.45) is 0 Å². The van der Waals surface area contributed by atoms with Crippen LogP contribution in [0, 0.1) is 20.8 Å². The lowest BCUT2D eigenvalue weighted by Gasteiger charge is -2.15. The van der Waals surface area contributed by atoms with Crippen LogP contribution in [0.4, 0.5) is 13.2 Å². The number of aromatic nitrogens is 2. The van der Waals surface area contributed by atoms with Crippen LogP contribution < -0.4 is 4.74 Å². The van der Waals surface area contributed by atoms with E-state index in [1.165, 1.54) is 12.1 Å². The monoisotopic (exact) mass is 444 g/mol. The van der Waals surface area contributed by atoms with Gasteiger partial charge in [-0.05, 0) is 61.7 Å². The Kier molecular flexibility index (Phi) is 6.22. The molecule has 0 unspecified atom stereocenters. The summed E-state index contributed by atoms with van der Waals surface area (Å²) in [6, 6.07) is 10.1. The lowest BCUT2D eigenvalue weighted by Crippen LogP contribution is -2.18. The Hall–Kier alpha value is -3.09. The van der Waals surface area contributed by atoms with Gasteiger partial charge in [0.1, 0.15) is 11.4 Å². The molecule has 0 saturated carbocycles. The van der Waals surface area contributed by atoms with Gasteiger partial charge in [-0.2, -0.15) is 18.3 Å². The van der Waals surface area contributed by atoms with E-state index in [0.717, 1.165) is 34.4 Å². The maximum absolute atomic E-state index is 13.0. The number of nitrogens with zero attached hydrogens (tertiary/aromatic N) is 2. The van der Waals surface area contributed by atoms with Crippen molar-refractivity contribution in [3.8, 4) is 5.75 Å². The smallest absolute Gasteiger partial charge is 0.416 e. The van der Waals surface area contributed by atoms with Crippen molar-refractivity contribution in [1.82, 2.24) is 9.78 Å². The first-order valence-electron chi connectivity index (χ1n) is 10.3. The van der Waals surface area contributed by atoms with Gasteiger partial charge in [-0.15, -0.1) is 0 Å². The number of esters is 1. The molecule has 0 spiro atoms. The van der Waals surface area contributed by atoms with Gasteiger partial charge >= 0.3 is 12.1 Å². The molecule has 0 N–H and O–H groups in total. The van der Waals surface area contributed by atoms with Crippen molar-refractivity contribution < 1.29 is 22.7 Å². The second kappa shape index (κ2) is 8.45. The predicted molar refractivity (Wildman–Crippen MR) is 117 cm³/mol. The summed E-state index contributed by atoms with van der Waals surface area (Å²) in [7, 11) is 0. The molecule has 0 saturated heterocycles. The van der Waals surface area contributed by atoms with Gasteiger partial charge < -0.3 is 4.74 Å². The first-order chi connectivity index (χ1) is 14.8. The van der Waals surface area contributed by atoms with Gasteiger partial charge in [0.25, 0.3) is 0 Å². The molecule has 170 valence electrons. The van der Waals surface area contributed by atoms with Crippen molar-refractivity contribution in [3.63, 3.8) is 0 Å². The highest BCUT2D eigenvalue weighted by Crippen LogP contribution is 2.32.